The van der Waals surface area contributed by atoms with Crippen LogP contribution >= 0.6 is 24.8 Å². The molecule has 0 saturated heterocycles. The summed E-state index contributed by atoms with van der Waals surface area (Å²) in [5, 5.41) is 0. The van der Waals surface area contributed by atoms with E-state index in [-0.39, 0.29) is 24.8 Å². The Morgan fingerprint density at radius 2 is 1.70 bits per heavy atom. The molecule has 1 unspecified atom stereocenters. The first-order chi connectivity index (χ1) is 3.66. The minimum atomic E-state index is 0. The van der Waals surface area contributed by atoms with Gasteiger partial charge in [0.25, 0.3) is 0 Å². The molecule has 1 atom stereocenters. The second-order valence-electron chi connectivity index (χ2n) is 2.43. The molecule has 0 aliphatic rings. The summed E-state index contributed by atoms with van der Waals surface area (Å²) < 4.78 is 0. The molecule has 0 radical (unpaired) electrons. The Hall–Kier alpha value is 0.500. The van der Waals surface area contributed by atoms with E-state index in [2.05, 4.69) is 11.8 Å². The zero-order valence-electron chi connectivity index (χ0n) is 6.83. The van der Waals surface area contributed by atoms with Gasteiger partial charge in [-0.15, -0.1) is 24.8 Å². The first-order valence-corrected chi connectivity index (χ1v) is 3.07. The maximum atomic E-state index is 5.63. The topological polar surface area (TPSA) is 29.3 Å². The number of hydrogen-bond acceptors (Lipinski definition) is 2. The van der Waals surface area contributed by atoms with Crippen LogP contribution in [-0.4, -0.2) is 31.6 Å². The van der Waals surface area contributed by atoms with Crippen LogP contribution < -0.4 is 5.73 Å². The Bertz CT molecular complexity index is 59.7. The van der Waals surface area contributed by atoms with Crippen LogP contribution in [0.2, 0.25) is 0 Å². The summed E-state index contributed by atoms with van der Waals surface area (Å²) in [5.41, 5.74) is 5.63. The zero-order valence-corrected chi connectivity index (χ0v) is 8.47. The molecule has 0 heterocycles. The van der Waals surface area contributed by atoms with Crippen molar-refractivity contribution in [1.82, 2.24) is 4.90 Å². The first-order valence-electron chi connectivity index (χ1n) is 3.07. The third kappa shape index (κ3) is 11.3. The third-order valence-corrected chi connectivity index (χ3v) is 1.12. The molecule has 0 spiro atoms. The Morgan fingerprint density at radius 1 is 1.30 bits per heavy atom. The second kappa shape index (κ2) is 9.50. The Labute approximate surface area is 76.0 Å². The molecule has 66 valence electrons. The maximum absolute atomic E-state index is 5.63. The van der Waals surface area contributed by atoms with Crippen molar-refractivity contribution in [2.24, 2.45) is 5.73 Å². The van der Waals surface area contributed by atoms with Crippen LogP contribution in [-0.2, 0) is 0 Å². The van der Waals surface area contributed by atoms with Gasteiger partial charge in [0.05, 0.1) is 0 Å². The molecule has 0 aromatic rings. The van der Waals surface area contributed by atoms with Crippen LogP contribution in [0.15, 0.2) is 0 Å². The summed E-state index contributed by atoms with van der Waals surface area (Å²) >= 11 is 0. The molecular weight excluding hydrogens is 171 g/mol. The van der Waals surface area contributed by atoms with Gasteiger partial charge in [-0.05, 0) is 20.5 Å². The second-order valence-corrected chi connectivity index (χ2v) is 2.43. The fraction of sp³-hybridized carbons (Fsp3) is 1.00. The zero-order chi connectivity index (χ0) is 6.57. The van der Waals surface area contributed by atoms with Gasteiger partial charge in [-0.2, -0.15) is 0 Å². The summed E-state index contributed by atoms with van der Waals surface area (Å²) in [6.45, 7) is 3.10. The minimum Gasteiger partial charge on any atom is -0.327 e. The van der Waals surface area contributed by atoms with E-state index in [9.17, 15) is 0 Å². The summed E-state index contributed by atoms with van der Waals surface area (Å²) in [6.07, 6.45) is 1.07. The van der Waals surface area contributed by atoms with Crippen LogP contribution in [0, 0.1) is 0 Å². The normalized spacial score (nSPS) is 11.7. The standard InChI is InChI=1S/C6H16N2.2ClH/c1-4-6(7)5-8(2)3;;/h6H,4-5,7H2,1-3H3;2*1H. The highest BCUT2D eigenvalue weighted by Crippen LogP contribution is 1.86. The van der Waals surface area contributed by atoms with Crippen molar-refractivity contribution >= 4 is 24.8 Å². The molecule has 0 aliphatic carbocycles. The average Bonchev–Trinajstić information content (AvgIpc) is 1.65. The summed E-state index contributed by atoms with van der Waals surface area (Å²) in [4.78, 5) is 2.11. The molecule has 4 heteroatoms. The molecule has 0 rings (SSSR count). The monoisotopic (exact) mass is 188 g/mol. The molecule has 0 aliphatic heterocycles. The fourth-order valence-corrected chi connectivity index (χ4v) is 0.598. The van der Waals surface area contributed by atoms with Gasteiger partial charge in [0, 0.05) is 12.6 Å². The van der Waals surface area contributed by atoms with Gasteiger partial charge >= 0.3 is 0 Å². The van der Waals surface area contributed by atoms with Crippen LogP contribution in [0.5, 0.6) is 0 Å². The number of likely N-dealkylation sites (N-methyl/N-ethyl adjacent to an activating group) is 1. The summed E-state index contributed by atoms with van der Waals surface area (Å²) in [6, 6.07) is 0.352. The molecule has 0 bridgehead atoms. The van der Waals surface area contributed by atoms with Gasteiger partial charge in [0.1, 0.15) is 0 Å². The van der Waals surface area contributed by atoms with Crippen molar-refractivity contribution < 1.29 is 0 Å². The smallest absolute Gasteiger partial charge is 0.0164 e. The molecule has 0 fully saturated rings. The van der Waals surface area contributed by atoms with E-state index in [1.165, 1.54) is 0 Å². The number of halogens is 2. The van der Waals surface area contributed by atoms with E-state index >= 15 is 0 Å². The molecule has 0 saturated carbocycles. The van der Waals surface area contributed by atoms with E-state index in [0.717, 1.165) is 13.0 Å². The maximum Gasteiger partial charge on any atom is 0.0164 e. The quantitative estimate of drug-likeness (QED) is 0.721. The number of rotatable bonds is 3. The van der Waals surface area contributed by atoms with Crippen LogP contribution in [0.3, 0.4) is 0 Å². The van der Waals surface area contributed by atoms with Gasteiger partial charge < -0.3 is 10.6 Å². The van der Waals surface area contributed by atoms with Crippen molar-refractivity contribution in [3.8, 4) is 0 Å². The van der Waals surface area contributed by atoms with E-state index in [0.29, 0.717) is 6.04 Å². The summed E-state index contributed by atoms with van der Waals surface area (Å²) in [5.74, 6) is 0. The predicted molar refractivity (Wildman–Crippen MR) is 51.3 cm³/mol. The molecule has 0 amide bonds. The lowest BCUT2D eigenvalue weighted by molar-refractivity contribution is 0.368. The number of nitrogens with two attached hydrogens (primary N) is 1. The van der Waals surface area contributed by atoms with Gasteiger partial charge in [0.2, 0.25) is 0 Å². The van der Waals surface area contributed by atoms with Crippen molar-refractivity contribution in [3.63, 3.8) is 0 Å². The van der Waals surface area contributed by atoms with Gasteiger partial charge in [-0.3, -0.25) is 0 Å². The van der Waals surface area contributed by atoms with Gasteiger partial charge in [-0.1, -0.05) is 6.92 Å². The molecular formula is C6H18Cl2N2. The van der Waals surface area contributed by atoms with Crippen molar-refractivity contribution in [2.45, 2.75) is 19.4 Å². The van der Waals surface area contributed by atoms with Gasteiger partial charge in [0.15, 0.2) is 0 Å². The summed E-state index contributed by atoms with van der Waals surface area (Å²) in [7, 11) is 4.07. The highest BCUT2D eigenvalue weighted by Gasteiger charge is 1.97. The highest BCUT2D eigenvalue weighted by atomic mass is 35.5. The molecule has 2 N–H and O–H groups in total. The number of hydrogen-bond donors (Lipinski definition) is 1. The molecule has 0 aromatic heterocycles. The van der Waals surface area contributed by atoms with Crippen molar-refractivity contribution in [1.29, 1.82) is 0 Å². The largest absolute Gasteiger partial charge is 0.327 e. The van der Waals surface area contributed by atoms with Gasteiger partial charge in [-0.25, -0.2) is 0 Å². The first kappa shape index (κ1) is 16.8. The van der Waals surface area contributed by atoms with E-state index < -0.39 is 0 Å². The van der Waals surface area contributed by atoms with E-state index in [4.69, 9.17) is 5.73 Å². The molecule has 10 heavy (non-hydrogen) atoms. The Balaban J connectivity index is -0.000000245. The van der Waals surface area contributed by atoms with Crippen molar-refractivity contribution in [2.75, 3.05) is 20.6 Å². The van der Waals surface area contributed by atoms with Crippen LogP contribution in [0.4, 0.5) is 0 Å². The number of nitrogens with zero attached hydrogens (tertiary/aromatic N) is 1. The fourth-order valence-electron chi connectivity index (χ4n) is 0.598. The SMILES string of the molecule is CCC(N)CN(C)C.Cl.Cl. The Kier molecular flexibility index (Phi) is 16.0. The lowest BCUT2D eigenvalue weighted by Gasteiger charge is -2.13. The lowest BCUT2D eigenvalue weighted by Crippen LogP contribution is -2.32. The lowest BCUT2D eigenvalue weighted by atomic mass is 10.2. The van der Waals surface area contributed by atoms with Crippen molar-refractivity contribution in [3.05, 3.63) is 0 Å². The highest BCUT2D eigenvalue weighted by molar-refractivity contribution is 5.85. The van der Waals surface area contributed by atoms with E-state index in [1.807, 2.05) is 14.1 Å². The third-order valence-electron chi connectivity index (χ3n) is 1.12. The van der Waals surface area contributed by atoms with Crippen LogP contribution in [0.25, 0.3) is 0 Å². The van der Waals surface area contributed by atoms with Crippen LogP contribution in [0.1, 0.15) is 13.3 Å². The molecule has 2 nitrogen and oxygen atoms in total. The molecule has 0 aromatic carbocycles. The minimum absolute atomic E-state index is 0. The average molecular weight is 189 g/mol. The Morgan fingerprint density at radius 3 is 1.80 bits per heavy atom. The predicted octanol–water partition coefficient (Wildman–Crippen LogP) is 1.13. The van der Waals surface area contributed by atoms with E-state index in [1.54, 1.807) is 0 Å².